The van der Waals surface area contributed by atoms with E-state index in [2.05, 4.69) is 31.0 Å². The third kappa shape index (κ3) is 3.40. The van der Waals surface area contributed by atoms with Crippen molar-refractivity contribution in [1.29, 1.82) is 0 Å². The van der Waals surface area contributed by atoms with Crippen molar-refractivity contribution in [2.75, 3.05) is 26.2 Å². The topological polar surface area (TPSA) is 58.3 Å². The second-order valence-corrected chi connectivity index (χ2v) is 5.14. The zero-order valence-electron chi connectivity index (χ0n) is 11.7. The van der Waals surface area contributed by atoms with E-state index in [1.165, 1.54) is 5.56 Å². The van der Waals surface area contributed by atoms with E-state index in [9.17, 15) is 0 Å². The minimum Gasteiger partial charge on any atom is -0.340 e. The molecule has 0 N–H and O–H groups in total. The van der Waals surface area contributed by atoms with Gasteiger partial charge in [0.1, 0.15) is 0 Å². The minimum atomic E-state index is 0.634. The fraction of sp³-hybridized carbons (Fsp3) is 0.500. The normalized spacial score (nSPS) is 17.4. The van der Waals surface area contributed by atoms with Crippen LogP contribution in [0.2, 0.25) is 0 Å². The molecule has 0 saturated carbocycles. The summed E-state index contributed by atoms with van der Waals surface area (Å²) in [5.74, 6) is 1.42. The highest BCUT2D eigenvalue weighted by atomic mass is 16.5. The molecule has 0 atom stereocenters. The van der Waals surface area contributed by atoms with E-state index in [1.807, 2.05) is 25.4 Å². The molecule has 1 fully saturated rings. The molecule has 2 aromatic rings. The molecule has 20 heavy (non-hydrogen) atoms. The van der Waals surface area contributed by atoms with Crippen molar-refractivity contribution < 1.29 is 4.52 Å². The van der Waals surface area contributed by atoms with Gasteiger partial charge in [0, 0.05) is 52.0 Å². The van der Waals surface area contributed by atoms with Crippen molar-refractivity contribution in [1.82, 2.24) is 24.9 Å². The molecule has 0 spiro atoms. The molecule has 0 amide bonds. The monoisotopic (exact) mass is 273 g/mol. The second-order valence-electron chi connectivity index (χ2n) is 5.14. The lowest BCUT2D eigenvalue weighted by molar-refractivity contribution is 0.119. The quantitative estimate of drug-likeness (QED) is 0.831. The highest BCUT2D eigenvalue weighted by molar-refractivity contribution is 5.08. The van der Waals surface area contributed by atoms with Crippen LogP contribution in [0.5, 0.6) is 0 Å². The molecule has 6 heteroatoms. The van der Waals surface area contributed by atoms with Crippen LogP contribution in [0.3, 0.4) is 0 Å². The van der Waals surface area contributed by atoms with Crippen LogP contribution >= 0.6 is 0 Å². The first-order valence-corrected chi connectivity index (χ1v) is 6.92. The molecule has 2 aromatic heterocycles. The summed E-state index contributed by atoms with van der Waals surface area (Å²) in [6.45, 7) is 7.77. The Bertz CT molecular complexity index is 534. The number of pyridine rings is 1. The third-order valence-electron chi connectivity index (χ3n) is 3.53. The van der Waals surface area contributed by atoms with Gasteiger partial charge in [-0.25, -0.2) is 0 Å². The molecule has 0 aromatic carbocycles. The zero-order chi connectivity index (χ0) is 13.8. The van der Waals surface area contributed by atoms with Gasteiger partial charge in [-0.2, -0.15) is 4.98 Å². The van der Waals surface area contributed by atoms with Gasteiger partial charge in [0.2, 0.25) is 5.89 Å². The average molecular weight is 273 g/mol. The highest BCUT2D eigenvalue weighted by Crippen LogP contribution is 2.09. The van der Waals surface area contributed by atoms with E-state index in [4.69, 9.17) is 4.52 Å². The molecule has 3 rings (SSSR count). The Balaban J connectivity index is 1.47. The number of aryl methyl sites for hydroxylation is 1. The lowest BCUT2D eigenvalue weighted by Gasteiger charge is -2.33. The van der Waals surface area contributed by atoms with Crippen LogP contribution in [-0.2, 0) is 13.1 Å². The van der Waals surface area contributed by atoms with Crippen molar-refractivity contribution in [3.05, 3.63) is 41.8 Å². The Morgan fingerprint density at radius 1 is 1.15 bits per heavy atom. The van der Waals surface area contributed by atoms with Crippen molar-refractivity contribution in [3.63, 3.8) is 0 Å². The van der Waals surface area contributed by atoms with E-state index in [0.29, 0.717) is 5.89 Å². The molecule has 0 unspecified atom stereocenters. The number of rotatable bonds is 4. The minimum absolute atomic E-state index is 0.634. The Morgan fingerprint density at radius 2 is 1.90 bits per heavy atom. The maximum atomic E-state index is 5.00. The van der Waals surface area contributed by atoms with Crippen LogP contribution in [0.25, 0.3) is 0 Å². The summed E-state index contributed by atoms with van der Waals surface area (Å²) in [6, 6.07) is 4.12. The molecule has 0 bridgehead atoms. The van der Waals surface area contributed by atoms with Gasteiger partial charge in [0.15, 0.2) is 5.82 Å². The molecular formula is C14H19N5O. The lowest BCUT2D eigenvalue weighted by atomic mass is 10.2. The standard InChI is InChI=1S/C14H19N5O/c1-12-16-14(17-20-12)11-19-7-5-18(6-8-19)10-13-3-2-4-15-9-13/h2-4,9H,5-8,10-11H2,1H3. The van der Waals surface area contributed by atoms with Gasteiger partial charge >= 0.3 is 0 Å². The van der Waals surface area contributed by atoms with Crippen molar-refractivity contribution in [3.8, 4) is 0 Å². The zero-order valence-corrected chi connectivity index (χ0v) is 11.7. The first-order valence-electron chi connectivity index (χ1n) is 6.92. The summed E-state index contributed by atoms with van der Waals surface area (Å²) >= 11 is 0. The lowest BCUT2D eigenvalue weighted by Crippen LogP contribution is -2.45. The van der Waals surface area contributed by atoms with Gasteiger partial charge in [-0.05, 0) is 11.6 Å². The summed E-state index contributed by atoms with van der Waals surface area (Å²) in [5, 5.41) is 3.95. The van der Waals surface area contributed by atoms with E-state index in [-0.39, 0.29) is 0 Å². The summed E-state index contributed by atoms with van der Waals surface area (Å²) in [4.78, 5) is 13.2. The van der Waals surface area contributed by atoms with Gasteiger partial charge in [-0.15, -0.1) is 0 Å². The SMILES string of the molecule is Cc1nc(CN2CCN(Cc3cccnc3)CC2)no1. The summed E-state index contributed by atoms with van der Waals surface area (Å²) < 4.78 is 5.00. The molecule has 106 valence electrons. The van der Waals surface area contributed by atoms with Crippen LogP contribution in [0.4, 0.5) is 0 Å². The molecule has 0 radical (unpaired) electrons. The molecule has 1 aliphatic heterocycles. The number of nitrogens with zero attached hydrogens (tertiary/aromatic N) is 5. The first-order chi connectivity index (χ1) is 9.79. The molecule has 0 aliphatic carbocycles. The maximum absolute atomic E-state index is 5.00. The third-order valence-corrected chi connectivity index (χ3v) is 3.53. The highest BCUT2D eigenvalue weighted by Gasteiger charge is 2.18. The predicted octanol–water partition coefficient (Wildman–Crippen LogP) is 1.09. The Morgan fingerprint density at radius 3 is 2.50 bits per heavy atom. The average Bonchev–Trinajstić information content (AvgIpc) is 2.88. The number of piperazine rings is 1. The van der Waals surface area contributed by atoms with Gasteiger partial charge in [0.05, 0.1) is 6.54 Å². The number of aromatic nitrogens is 3. The molecule has 1 saturated heterocycles. The van der Waals surface area contributed by atoms with Gasteiger partial charge in [-0.1, -0.05) is 11.2 Å². The van der Waals surface area contributed by atoms with E-state index in [1.54, 1.807) is 0 Å². The Hall–Kier alpha value is -1.79. The van der Waals surface area contributed by atoms with Crippen LogP contribution in [0.15, 0.2) is 29.0 Å². The number of hydrogen-bond acceptors (Lipinski definition) is 6. The fourth-order valence-corrected chi connectivity index (χ4v) is 2.46. The van der Waals surface area contributed by atoms with E-state index >= 15 is 0 Å². The molecule has 1 aliphatic rings. The number of hydrogen-bond donors (Lipinski definition) is 0. The molecule has 6 nitrogen and oxygen atoms in total. The van der Waals surface area contributed by atoms with Gasteiger partial charge < -0.3 is 4.52 Å². The molecule has 3 heterocycles. The van der Waals surface area contributed by atoms with Gasteiger partial charge in [0.25, 0.3) is 0 Å². The fourth-order valence-electron chi connectivity index (χ4n) is 2.46. The van der Waals surface area contributed by atoms with Gasteiger partial charge in [-0.3, -0.25) is 14.8 Å². The van der Waals surface area contributed by atoms with Crippen molar-refractivity contribution >= 4 is 0 Å². The smallest absolute Gasteiger partial charge is 0.223 e. The van der Waals surface area contributed by atoms with E-state index in [0.717, 1.165) is 45.1 Å². The largest absolute Gasteiger partial charge is 0.340 e. The Kier molecular flexibility index (Phi) is 4.03. The first kappa shape index (κ1) is 13.2. The summed E-state index contributed by atoms with van der Waals surface area (Å²) in [7, 11) is 0. The van der Waals surface area contributed by atoms with Crippen molar-refractivity contribution in [2.45, 2.75) is 20.0 Å². The second kappa shape index (κ2) is 6.11. The Labute approximate surface area is 118 Å². The van der Waals surface area contributed by atoms with Crippen LogP contribution in [-0.4, -0.2) is 51.1 Å². The van der Waals surface area contributed by atoms with Crippen molar-refractivity contribution in [2.24, 2.45) is 0 Å². The predicted molar refractivity (Wildman–Crippen MR) is 73.8 cm³/mol. The summed E-state index contributed by atoms with van der Waals surface area (Å²) in [6.07, 6.45) is 3.75. The van der Waals surface area contributed by atoms with Crippen LogP contribution < -0.4 is 0 Å². The maximum Gasteiger partial charge on any atom is 0.223 e. The van der Waals surface area contributed by atoms with Crippen LogP contribution in [0.1, 0.15) is 17.3 Å². The van der Waals surface area contributed by atoms with E-state index < -0.39 is 0 Å². The molecular weight excluding hydrogens is 254 g/mol. The van der Waals surface area contributed by atoms with Crippen LogP contribution in [0, 0.1) is 6.92 Å². The summed E-state index contributed by atoms with van der Waals surface area (Å²) in [5.41, 5.74) is 1.27.